The van der Waals surface area contributed by atoms with Crippen LogP contribution in [0.5, 0.6) is 0 Å². The normalized spacial score (nSPS) is 20.4. The molecule has 0 amide bonds. The lowest BCUT2D eigenvalue weighted by Crippen LogP contribution is -2.16. The smallest absolute Gasteiger partial charge is 0.269 e. The number of rotatable bonds is 3. The molecule has 7 nitrogen and oxygen atoms in total. The van der Waals surface area contributed by atoms with Crippen molar-refractivity contribution in [1.82, 2.24) is 18.5 Å². The summed E-state index contributed by atoms with van der Waals surface area (Å²) in [7, 11) is -3.72. The van der Waals surface area contributed by atoms with Crippen LogP contribution in [0.1, 0.15) is 31.1 Å². The van der Waals surface area contributed by atoms with Gasteiger partial charge in [-0.15, -0.1) is 0 Å². The Morgan fingerprint density at radius 1 is 1.14 bits per heavy atom. The second-order valence-electron chi connectivity index (χ2n) is 7.41. The number of hydrogen-bond donors (Lipinski definition) is 1. The molecule has 1 aliphatic rings. The van der Waals surface area contributed by atoms with Gasteiger partial charge in [0, 0.05) is 23.7 Å². The lowest BCUT2D eigenvalue weighted by molar-refractivity contribution is 0.512. The van der Waals surface area contributed by atoms with Crippen molar-refractivity contribution in [2.45, 2.75) is 43.2 Å². The lowest BCUT2D eigenvalue weighted by Gasteiger charge is -2.15. The second-order valence-corrected chi connectivity index (χ2v) is 9.23. The zero-order valence-electron chi connectivity index (χ0n) is 15.5. The van der Waals surface area contributed by atoms with Crippen LogP contribution in [0.15, 0.2) is 53.7 Å². The molecule has 1 aromatic carbocycles. The Bertz CT molecular complexity index is 1290. The maximum absolute atomic E-state index is 13.1. The van der Waals surface area contributed by atoms with Crippen LogP contribution in [0.2, 0.25) is 0 Å². The van der Waals surface area contributed by atoms with Crippen molar-refractivity contribution in [3.63, 3.8) is 0 Å². The van der Waals surface area contributed by atoms with Gasteiger partial charge in [0.05, 0.1) is 16.6 Å². The molecule has 28 heavy (non-hydrogen) atoms. The third-order valence-electron chi connectivity index (χ3n) is 5.62. The highest BCUT2D eigenvalue weighted by molar-refractivity contribution is 7.90. The van der Waals surface area contributed by atoms with Crippen LogP contribution in [0, 0.1) is 6.92 Å². The number of imidazole rings is 1. The molecule has 1 saturated carbocycles. The molecule has 4 aromatic rings. The molecule has 5 rings (SSSR count). The average molecular weight is 395 g/mol. The number of pyridine rings is 1. The van der Waals surface area contributed by atoms with Gasteiger partial charge in [-0.05, 0) is 44.4 Å². The molecule has 2 atom stereocenters. The predicted octanol–water partition coefficient (Wildman–Crippen LogP) is 2.98. The van der Waals surface area contributed by atoms with Crippen molar-refractivity contribution in [2.75, 3.05) is 0 Å². The number of fused-ring (bicyclic) bond motifs is 3. The van der Waals surface area contributed by atoms with E-state index < -0.39 is 10.0 Å². The van der Waals surface area contributed by atoms with Crippen LogP contribution in [0.25, 0.3) is 22.1 Å². The van der Waals surface area contributed by atoms with Gasteiger partial charge in [0.15, 0.2) is 5.65 Å². The molecule has 1 aliphatic carbocycles. The number of aryl methyl sites for hydroxylation is 1. The Morgan fingerprint density at radius 2 is 1.93 bits per heavy atom. The first-order valence-corrected chi connectivity index (χ1v) is 10.8. The Kier molecular flexibility index (Phi) is 3.82. The first-order valence-electron chi connectivity index (χ1n) is 9.37. The van der Waals surface area contributed by atoms with Gasteiger partial charge in [0.25, 0.3) is 10.0 Å². The summed E-state index contributed by atoms with van der Waals surface area (Å²) in [5.41, 5.74) is 8.26. The number of hydrogen-bond acceptors (Lipinski definition) is 5. The van der Waals surface area contributed by atoms with Gasteiger partial charge >= 0.3 is 0 Å². The molecule has 3 aromatic heterocycles. The molecule has 0 bridgehead atoms. The first kappa shape index (κ1) is 17.4. The van der Waals surface area contributed by atoms with E-state index in [1.807, 2.05) is 13.0 Å². The average Bonchev–Trinajstić information content (AvgIpc) is 3.38. The fraction of sp³-hybridized carbons (Fsp3) is 0.300. The molecule has 3 heterocycles. The zero-order valence-corrected chi connectivity index (χ0v) is 16.3. The van der Waals surface area contributed by atoms with E-state index in [1.165, 1.54) is 3.97 Å². The monoisotopic (exact) mass is 395 g/mol. The second kappa shape index (κ2) is 6.15. The van der Waals surface area contributed by atoms with Gasteiger partial charge in [0.1, 0.15) is 11.3 Å². The van der Waals surface area contributed by atoms with E-state index in [4.69, 9.17) is 5.73 Å². The summed E-state index contributed by atoms with van der Waals surface area (Å²) < 4.78 is 29.7. The Balaban J connectivity index is 1.75. The van der Waals surface area contributed by atoms with E-state index in [2.05, 4.69) is 14.5 Å². The molecule has 0 radical (unpaired) electrons. The molecule has 0 unspecified atom stereocenters. The quantitative estimate of drug-likeness (QED) is 0.575. The van der Waals surface area contributed by atoms with Crippen LogP contribution in [0.4, 0.5) is 0 Å². The lowest BCUT2D eigenvalue weighted by atomic mass is 10.2. The SMILES string of the molecule is Cc1nc2cnc3c(ccn3S(=O)(=O)c3ccccc3)c2n1[C@H]1CC[C@H](N)C1. The highest BCUT2D eigenvalue weighted by Crippen LogP contribution is 2.36. The van der Waals surface area contributed by atoms with Crippen LogP contribution >= 0.6 is 0 Å². The van der Waals surface area contributed by atoms with Crippen molar-refractivity contribution >= 4 is 32.1 Å². The fourth-order valence-corrected chi connectivity index (χ4v) is 5.66. The van der Waals surface area contributed by atoms with E-state index in [0.29, 0.717) is 5.65 Å². The maximum atomic E-state index is 13.1. The van der Waals surface area contributed by atoms with E-state index in [-0.39, 0.29) is 17.0 Å². The molecule has 1 fully saturated rings. The molecule has 0 aliphatic heterocycles. The van der Waals surface area contributed by atoms with E-state index in [9.17, 15) is 8.42 Å². The highest BCUT2D eigenvalue weighted by Gasteiger charge is 2.28. The Labute approximate surface area is 162 Å². The number of nitrogens with zero attached hydrogens (tertiary/aromatic N) is 4. The summed E-state index contributed by atoms with van der Waals surface area (Å²) >= 11 is 0. The van der Waals surface area contributed by atoms with Crippen molar-refractivity contribution in [3.8, 4) is 0 Å². The number of aromatic nitrogens is 4. The predicted molar refractivity (Wildman–Crippen MR) is 108 cm³/mol. The number of nitrogens with two attached hydrogens (primary N) is 1. The van der Waals surface area contributed by atoms with Crippen molar-refractivity contribution in [2.24, 2.45) is 5.73 Å². The summed E-state index contributed by atoms with van der Waals surface area (Å²) in [6.07, 6.45) is 6.13. The molecule has 0 saturated heterocycles. The minimum Gasteiger partial charge on any atom is -0.328 e. The van der Waals surface area contributed by atoms with Crippen molar-refractivity contribution in [3.05, 3.63) is 54.6 Å². The molecule has 8 heteroatoms. The van der Waals surface area contributed by atoms with E-state index in [1.54, 1.807) is 42.7 Å². The molecular weight excluding hydrogens is 374 g/mol. The molecule has 2 N–H and O–H groups in total. The summed E-state index contributed by atoms with van der Waals surface area (Å²) in [6, 6.07) is 10.7. The summed E-state index contributed by atoms with van der Waals surface area (Å²) in [6.45, 7) is 1.98. The molecule has 0 spiro atoms. The summed E-state index contributed by atoms with van der Waals surface area (Å²) in [5, 5.41) is 0.790. The highest BCUT2D eigenvalue weighted by atomic mass is 32.2. The zero-order chi connectivity index (χ0) is 19.5. The van der Waals surface area contributed by atoms with Gasteiger partial charge < -0.3 is 10.3 Å². The first-order chi connectivity index (χ1) is 13.5. The fourth-order valence-electron chi connectivity index (χ4n) is 4.34. The third-order valence-corrected chi connectivity index (χ3v) is 7.30. The van der Waals surface area contributed by atoms with Crippen LogP contribution in [0.3, 0.4) is 0 Å². The summed E-state index contributed by atoms with van der Waals surface area (Å²) in [5.74, 6) is 0.905. The van der Waals surface area contributed by atoms with Gasteiger partial charge in [-0.25, -0.2) is 22.4 Å². The van der Waals surface area contributed by atoms with Crippen molar-refractivity contribution in [1.29, 1.82) is 0 Å². The minimum absolute atomic E-state index is 0.197. The van der Waals surface area contributed by atoms with Crippen LogP contribution in [-0.4, -0.2) is 33.0 Å². The van der Waals surface area contributed by atoms with Gasteiger partial charge in [-0.3, -0.25) is 0 Å². The third kappa shape index (κ3) is 2.48. The van der Waals surface area contributed by atoms with Crippen molar-refractivity contribution < 1.29 is 8.42 Å². The Hall–Kier alpha value is -2.71. The summed E-state index contributed by atoms with van der Waals surface area (Å²) in [4.78, 5) is 9.34. The number of benzene rings is 1. The minimum atomic E-state index is -3.72. The largest absolute Gasteiger partial charge is 0.328 e. The topological polar surface area (TPSA) is 95.8 Å². The van der Waals surface area contributed by atoms with Gasteiger partial charge in [-0.2, -0.15) is 0 Å². The van der Waals surface area contributed by atoms with E-state index in [0.717, 1.165) is 41.5 Å². The van der Waals surface area contributed by atoms with Gasteiger partial charge in [-0.1, -0.05) is 18.2 Å². The Morgan fingerprint density at radius 3 is 2.64 bits per heavy atom. The maximum Gasteiger partial charge on any atom is 0.269 e. The molecular formula is C20H21N5O2S. The van der Waals surface area contributed by atoms with Crippen LogP contribution in [-0.2, 0) is 10.0 Å². The van der Waals surface area contributed by atoms with E-state index >= 15 is 0 Å². The standard InChI is InChI=1S/C20H21N5O2S/c1-13-23-18-12-22-20-17(19(18)25(13)15-8-7-14(21)11-15)9-10-24(20)28(26,27)16-5-3-2-4-6-16/h2-6,9-10,12,14-15H,7-8,11,21H2,1H3/t14-,15-/m0/s1. The van der Waals surface area contributed by atoms with Gasteiger partial charge in [0.2, 0.25) is 0 Å². The van der Waals surface area contributed by atoms with Crippen LogP contribution < -0.4 is 5.73 Å². The molecule has 144 valence electrons.